The third-order valence-electron chi connectivity index (χ3n) is 5.31. The lowest BCUT2D eigenvalue weighted by atomic mass is 10.0. The van der Waals surface area contributed by atoms with Crippen molar-refractivity contribution in [3.05, 3.63) is 53.6 Å². The minimum absolute atomic E-state index is 0.173. The van der Waals surface area contributed by atoms with Crippen molar-refractivity contribution in [3.8, 4) is 17.6 Å². The number of carbonyl (C=O) groups is 2. The van der Waals surface area contributed by atoms with Gasteiger partial charge in [-0.05, 0) is 48.9 Å². The first-order valence-electron chi connectivity index (χ1n) is 10.7. The van der Waals surface area contributed by atoms with Crippen molar-refractivity contribution in [2.75, 3.05) is 32.1 Å². The molecule has 0 aliphatic carbocycles. The number of piperidine rings is 1. The molecule has 1 aliphatic heterocycles. The average Bonchev–Trinajstić information content (AvgIpc) is 2.83. The molecule has 1 N–H and O–H groups in total. The number of nitrogens with zero attached hydrogens (tertiary/aromatic N) is 2. The van der Waals surface area contributed by atoms with Gasteiger partial charge in [0.05, 0.1) is 25.3 Å². The van der Waals surface area contributed by atoms with Gasteiger partial charge in [0, 0.05) is 37.7 Å². The normalized spacial score (nSPS) is 14.6. The Morgan fingerprint density at radius 2 is 1.85 bits per heavy atom. The number of anilines is 1. The van der Waals surface area contributed by atoms with Crippen LogP contribution in [0, 0.1) is 11.3 Å². The van der Waals surface area contributed by atoms with Crippen LogP contribution in [0.15, 0.2) is 42.5 Å². The second-order valence-corrected chi connectivity index (χ2v) is 7.53. The van der Waals surface area contributed by atoms with Crippen molar-refractivity contribution < 1.29 is 28.9 Å². The number of methoxy groups -OCH3 is 1. The van der Waals surface area contributed by atoms with Gasteiger partial charge in [-0.25, -0.2) is 4.79 Å². The lowest BCUT2D eigenvalue weighted by molar-refractivity contribution is -0.266. The highest BCUT2D eigenvalue weighted by Crippen LogP contribution is 2.31. The van der Waals surface area contributed by atoms with E-state index >= 15 is 0 Å². The van der Waals surface area contributed by atoms with Crippen LogP contribution in [0.1, 0.15) is 36.9 Å². The predicted octanol–water partition coefficient (Wildman–Crippen LogP) is 2.47. The van der Waals surface area contributed by atoms with Crippen molar-refractivity contribution in [3.63, 3.8) is 0 Å². The molecule has 0 bridgehead atoms. The number of amides is 1. The monoisotopic (exact) mass is 452 g/mol. The van der Waals surface area contributed by atoms with E-state index in [2.05, 4.69) is 11.4 Å². The molecule has 174 valence electrons. The van der Waals surface area contributed by atoms with Crippen LogP contribution in [0.5, 0.6) is 11.5 Å². The second-order valence-electron chi connectivity index (χ2n) is 7.53. The first kappa shape index (κ1) is 23.7. The maximum atomic E-state index is 12.6. The smallest absolute Gasteiger partial charge is 0.332 e. The topological polar surface area (TPSA) is 124 Å². The minimum Gasteiger partial charge on any atom is -0.530 e. The molecule has 0 aromatic heterocycles. The first-order valence-corrected chi connectivity index (χ1v) is 10.7. The summed E-state index contributed by atoms with van der Waals surface area (Å²) < 4.78 is 16.8. The summed E-state index contributed by atoms with van der Waals surface area (Å²) in [6, 6.07) is 13.2. The number of carboxylic acid groups (broad SMARTS) is 1. The Kier molecular flexibility index (Phi) is 7.97. The molecule has 1 amide bonds. The van der Waals surface area contributed by atoms with Gasteiger partial charge < -0.3 is 34.3 Å². The third kappa shape index (κ3) is 6.29. The Morgan fingerprint density at radius 3 is 2.42 bits per heavy atom. The van der Waals surface area contributed by atoms with E-state index in [0.29, 0.717) is 60.9 Å². The zero-order valence-electron chi connectivity index (χ0n) is 18.6. The molecule has 1 fully saturated rings. The van der Waals surface area contributed by atoms with Crippen LogP contribution in [-0.4, -0.2) is 49.9 Å². The van der Waals surface area contributed by atoms with Gasteiger partial charge in [-0.1, -0.05) is 0 Å². The van der Waals surface area contributed by atoms with E-state index in [-0.39, 0.29) is 6.10 Å². The molecule has 9 heteroatoms. The SMILES string of the molecule is CCOc1cc(OC2CCN(C(=O)[O-])CC2)cc(C(Nc2ccc(C#N)cc2)C(=O)OC)c1. The van der Waals surface area contributed by atoms with E-state index in [1.165, 1.54) is 12.0 Å². The van der Waals surface area contributed by atoms with Gasteiger partial charge in [0.25, 0.3) is 0 Å². The fourth-order valence-electron chi connectivity index (χ4n) is 3.63. The summed E-state index contributed by atoms with van der Waals surface area (Å²) >= 11 is 0. The molecule has 1 atom stereocenters. The van der Waals surface area contributed by atoms with Gasteiger partial charge >= 0.3 is 5.97 Å². The molecule has 0 saturated carbocycles. The van der Waals surface area contributed by atoms with Crippen LogP contribution in [0.3, 0.4) is 0 Å². The molecular formula is C24H26N3O6-. The largest absolute Gasteiger partial charge is 0.530 e. The summed E-state index contributed by atoms with van der Waals surface area (Å²) in [7, 11) is 1.31. The summed E-state index contributed by atoms with van der Waals surface area (Å²) in [6.45, 7) is 2.97. The van der Waals surface area contributed by atoms with Gasteiger partial charge in [-0.2, -0.15) is 5.26 Å². The molecular weight excluding hydrogens is 426 g/mol. The van der Waals surface area contributed by atoms with Crippen molar-refractivity contribution in [2.45, 2.75) is 31.9 Å². The van der Waals surface area contributed by atoms with E-state index < -0.39 is 18.1 Å². The number of nitriles is 1. The number of benzene rings is 2. The highest BCUT2D eigenvalue weighted by molar-refractivity contribution is 5.81. The van der Waals surface area contributed by atoms with Gasteiger partial charge in [0.1, 0.15) is 23.7 Å². The summed E-state index contributed by atoms with van der Waals surface area (Å²) in [4.78, 5) is 24.9. The van der Waals surface area contributed by atoms with Crippen LogP contribution < -0.4 is 19.9 Å². The van der Waals surface area contributed by atoms with Gasteiger partial charge in [-0.15, -0.1) is 0 Å². The molecule has 3 rings (SSSR count). The number of nitrogens with one attached hydrogen (secondary N) is 1. The summed E-state index contributed by atoms with van der Waals surface area (Å²) in [5.41, 5.74) is 1.73. The number of hydrogen-bond acceptors (Lipinski definition) is 8. The van der Waals surface area contributed by atoms with Crippen molar-refractivity contribution in [1.29, 1.82) is 5.26 Å². The lowest BCUT2D eigenvalue weighted by Gasteiger charge is -2.33. The standard InChI is InChI=1S/C24H27N3O6/c1-3-32-20-12-17(13-21(14-20)33-19-8-10-27(11-9-19)24(29)30)22(23(28)31-2)26-18-6-4-16(15-25)5-7-18/h4-7,12-14,19,22,26H,3,8-11H2,1-2H3,(H,29,30)/p-1. The molecule has 1 unspecified atom stereocenters. The van der Waals surface area contributed by atoms with Crippen molar-refractivity contribution in [2.24, 2.45) is 0 Å². The number of hydrogen-bond donors (Lipinski definition) is 1. The molecule has 2 aromatic rings. The Hall–Kier alpha value is -3.93. The number of esters is 1. The fraction of sp³-hybridized carbons (Fsp3) is 0.375. The van der Waals surface area contributed by atoms with Crippen LogP contribution in [0.2, 0.25) is 0 Å². The summed E-state index contributed by atoms with van der Waals surface area (Å²) in [5, 5.41) is 23.2. The van der Waals surface area contributed by atoms with Crippen molar-refractivity contribution >= 4 is 17.7 Å². The molecule has 1 heterocycles. The van der Waals surface area contributed by atoms with Gasteiger partial charge in [0.15, 0.2) is 6.04 Å². The number of rotatable bonds is 8. The highest BCUT2D eigenvalue weighted by Gasteiger charge is 2.25. The molecule has 1 saturated heterocycles. The lowest BCUT2D eigenvalue weighted by Crippen LogP contribution is -2.47. The molecule has 33 heavy (non-hydrogen) atoms. The van der Waals surface area contributed by atoms with E-state index in [9.17, 15) is 14.7 Å². The molecule has 0 radical (unpaired) electrons. The van der Waals surface area contributed by atoms with Gasteiger partial charge in [0.2, 0.25) is 0 Å². The summed E-state index contributed by atoms with van der Waals surface area (Å²) in [5.74, 6) is 0.548. The number of carbonyl (C=O) groups excluding carboxylic acids is 2. The van der Waals surface area contributed by atoms with E-state index in [4.69, 9.17) is 19.5 Å². The molecule has 2 aromatic carbocycles. The van der Waals surface area contributed by atoms with E-state index in [1.54, 1.807) is 42.5 Å². The minimum atomic E-state index is -1.18. The Balaban J connectivity index is 1.84. The Bertz CT molecular complexity index is 1010. The van der Waals surface area contributed by atoms with Crippen molar-refractivity contribution in [1.82, 2.24) is 4.90 Å². The van der Waals surface area contributed by atoms with Crippen LogP contribution in [-0.2, 0) is 9.53 Å². The number of ether oxygens (including phenoxy) is 3. The maximum absolute atomic E-state index is 12.6. The zero-order chi connectivity index (χ0) is 23.8. The highest BCUT2D eigenvalue weighted by atomic mass is 16.5. The molecule has 0 spiro atoms. The predicted molar refractivity (Wildman–Crippen MR) is 118 cm³/mol. The quantitative estimate of drug-likeness (QED) is 0.606. The Labute approximate surface area is 192 Å². The van der Waals surface area contributed by atoms with Gasteiger partial charge in [-0.3, -0.25) is 0 Å². The van der Waals surface area contributed by atoms with Crippen LogP contribution in [0.4, 0.5) is 10.5 Å². The van der Waals surface area contributed by atoms with E-state index in [0.717, 1.165) is 0 Å². The maximum Gasteiger partial charge on any atom is 0.332 e. The summed E-state index contributed by atoms with van der Waals surface area (Å²) in [6.07, 6.45) is -0.282. The third-order valence-corrected chi connectivity index (χ3v) is 5.31. The molecule has 9 nitrogen and oxygen atoms in total. The first-order chi connectivity index (χ1) is 15.9. The second kappa shape index (κ2) is 11.1. The molecule has 1 aliphatic rings. The zero-order valence-corrected chi connectivity index (χ0v) is 18.6. The van der Waals surface area contributed by atoms with Crippen LogP contribution >= 0.6 is 0 Å². The van der Waals surface area contributed by atoms with E-state index in [1.807, 2.05) is 6.92 Å². The number of likely N-dealkylation sites (tertiary alicyclic amines) is 1. The Morgan fingerprint density at radius 1 is 1.18 bits per heavy atom. The van der Waals surface area contributed by atoms with Crippen LogP contribution in [0.25, 0.3) is 0 Å². The average molecular weight is 452 g/mol. The fourth-order valence-corrected chi connectivity index (χ4v) is 3.63.